The Morgan fingerprint density at radius 1 is 0.844 bits per heavy atom. The molecule has 4 aromatic rings. The molecule has 0 heterocycles. The maximum Gasteiger partial charge on any atom is 0.264 e. The molecule has 0 radical (unpaired) electrons. The van der Waals surface area contributed by atoms with Crippen LogP contribution in [-0.4, -0.2) is 51.4 Å². The molecule has 4 rings (SSSR count). The zero-order chi connectivity index (χ0) is 32.4. The van der Waals surface area contributed by atoms with E-state index in [-0.39, 0.29) is 29.5 Å². The van der Waals surface area contributed by atoms with Crippen LogP contribution in [-0.2, 0) is 32.6 Å². The van der Waals surface area contributed by atoms with Crippen molar-refractivity contribution in [2.45, 2.75) is 37.2 Å². The van der Waals surface area contributed by atoms with Crippen LogP contribution in [0, 0.1) is 0 Å². The topological polar surface area (TPSA) is 96.0 Å². The van der Waals surface area contributed by atoms with Crippen molar-refractivity contribution < 1.29 is 22.7 Å². The normalized spacial score (nSPS) is 11.8. The number of nitrogens with one attached hydrogen (secondary N) is 1. The van der Waals surface area contributed by atoms with Crippen LogP contribution in [0.2, 0.25) is 10.0 Å². The summed E-state index contributed by atoms with van der Waals surface area (Å²) in [5.41, 5.74) is 1.69. The van der Waals surface area contributed by atoms with Crippen molar-refractivity contribution in [3.8, 4) is 5.75 Å². The van der Waals surface area contributed by atoms with Gasteiger partial charge in [0, 0.05) is 25.6 Å². The summed E-state index contributed by atoms with van der Waals surface area (Å²) < 4.78 is 34.5. The number of amides is 2. The number of hydrogen-bond acceptors (Lipinski definition) is 5. The van der Waals surface area contributed by atoms with Gasteiger partial charge in [-0.3, -0.25) is 13.9 Å². The molecular weight excluding hydrogens is 633 g/mol. The van der Waals surface area contributed by atoms with E-state index in [9.17, 15) is 18.0 Å². The molecule has 1 atom stereocenters. The number of rotatable bonds is 14. The SMILES string of the molecule is CCCNC(=O)C(Cc1ccccc1)N(Cc1ccc(Cl)c(Cl)c1)C(=O)CN(c1cccc(OC)c1)S(=O)(=O)c1ccccc1. The molecule has 236 valence electrons. The Hall–Kier alpha value is -4.05. The minimum atomic E-state index is -4.22. The van der Waals surface area contributed by atoms with Gasteiger partial charge in [0.05, 0.1) is 27.7 Å². The lowest BCUT2D eigenvalue weighted by atomic mass is 10.0. The molecule has 0 aromatic heterocycles. The summed E-state index contributed by atoms with van der Waals surface area (Å²) in [7, 11) is -2.75. The third-order valence-corrected chi connectivity index (χ3v) is 9.64. The van der Waals surface area contributed by atoms with E-state index in [1.165, 1.54) is 24.1 Å². The third-order valence-electron chi connectivity index (χ3n) is 7.11. The number of anilines is 1. The van der Waals surface area contributed by atoms with Gasteiger partial charge in [-0.25, -0.2) is 8.42 Å². The van der Waals surface area contributed by atoms with Crippen LogP contribution in [0.15, 0.2) is 108 Å². The van der Waals surface area contributed by atoms with Gasteiger partial charge in [0.2, 0.25) is 11.8 Å². The summed E-state index contributed by atoms with van der Waals surface area (Å²) in [5, 5.41) is 3.56. The number of hydrogen-bond donors (Lipinski definition) is 1. The summed E-state index contributed by atoms with van der Waals surface area (Å²) in [6, 6.07) is 27.7. The lowest BCUT2D eigenvalue weighted by molar-refractivity contribution is -0.140. The molecule has 0 aliphatic rings. The standard InChI is InChI=1S/C34H35Cl2N3O5S/c1-3-19-37-34(41)32(21-25-11-6-4-7-12-25)38(23-26-17-18-30(35)31(36)20-26)33(40)24-39(27-13-10-14-28(22-27)44-2)45(42,43)29-15-8-5-9-16-29/h4-18,20,22,32H,3,19,21,23-24H2,1-2H3,(H,37,41). The van der Waals surface area contributed by atoms with Crippen LogP contribution < -0.4 is 14.4 Å². The Morgan fingerprint density at radius 2 is 1.53 bits per heavy atom. The Balaban J connectivity index is 1.81. The second kappa shape index (κ2) is 15.8. The quantitative estimate of drug-likeness (QED) is 0.169. The van der Waals surface area contributed by atoms with Gasteiger partial charge in [-0.05, 0) is 53.9 Å². The Morgan fingerprint density at radius 3 is 2.18 bits per heavy atom. The van der Waals surface area contributed by atoms with Crippen LogP contribution in [0.5, 0.6) is 5.75 Å². The van der Waals surface area contributed by atoms with Gasteiger partial charge in [-0.2, -0.15) is 0 Å². The van der Waals surface area contributed by atoms with Crippen molar-refractivity contribution in [3.63, 3.8) is 0 Å². The molecule has 11 heteroatoms. The van der Waals surface area contributed by atoms with Gasteiger partial charge < -0.3 is 15.0 Å². The number of halogens is 2. The number of nitrogens with zero attached hydrogens (tertiary/aromatic N) is 2. The third kappa shape index (κ3) is 8.78. The van der Waals surface area contributed by atoms with Gasteiger partial charge in [-0.15, -0.1) is 0 Å². The van der Waals surface area contributed by atoms with Crippen LogP contribution >= 0.6 is 23.2 Å². The molecule has 0 aliphatic carbocycles. The van der Waals surface area contributed by atoms with Crippen LogP contribution in [0.1, 0.15) is 24.5 Å². The molecule has 0 aliphatic heterocycles. The molecule has 1 N–H and O–H groups in total. The molecule has 2 amide bonds. The molecule has 1 unspecified atom stereocenters. The highest BCUT2D eigenvalue weighted by atomic mass is 35.5. The van der Waals surface area contributed by atoms with E-state index < -0.39 is 28.5 Å². The van der Waals surface area contributed by atoms with Gasteiger partial charge in [0.15, 0.2) is 0 Å². The highest BCUT2D eigenvalue weighted by molar-refractivity contribution is 7.92. The highest BCUT2D eigenvalue weighted by Crippen LogP contribution is 2.29. The van der Waals surface area contributed by atoms with Crippen molar-refractivity contribution in [2.75, 3.05) is 24.5 Å². The predicted octanol–water partition coefficient (Wildman–Crippen LogP) is 6.36. The largest absolute Gasteiger partial charge is 0.497 e. The molecule has 45 heavy (non-hydrogen) atoms. The first-order valence-electron chi connectivity index (χ1n) is 14.4. The Kier molecular flexibility index (Phi) is 11.9. The smallest absolute Gasteiger partial charge is 0.264 e. The van der Waals surface area contributed by atoms with Gasteiger partial charge in [-0.1, -0.05) is 90.8 Å². The Labute approximate surface area is 274 Å². The van der Waals surface area contributed by atoms with E-state index in [1.807, 2.05) is 37.3 Å². The van der Waals surface area contributed by atoms with Gasteiger partial charge in [0.25, 0.3) is 10.0 Å². The fraction of sp³-hybridized carbons (Fsp3) is 0.235. The van der Waals surface area contributed by atoms with E-state index >= 15 is 0 Å². The summed E-state index contributed by atoms with van der Waals surface area (Å²) in [6.45, 7) is 1.74. The van der Waals surface area contributed by atoms with Crippen molar-refractivity contribution in [1.29, 1.82) is 0 Å². The molecule has 0 saturated heterocycles. The molecule has 0 bridgehead atoms. The molecular formula is C34H35Cl2N3O5S. The first-order chi connectivity index (χ1) is 21.6. The zero-order valence-corrected chi connectivity index (χ0v) is 27.4. The number of methoxy groups -OCH3 is 1. The second-order valence-electron chi connectivity index (χ2n) is 10.3. The second-order valence-corrected chi connectivity index (χ2v) is 13.0. The predicted molar refractivity (Wildman–Crippen MR) is 178 cm³/mol. The van der Waals surface area contributed by atoms with Gasteiger partial charge >= 0.3 is 0 Å². The lowest BCUT2D eigenvalue weighted by Gasteiger charge is -2.34. The molecule has 0 saturated carbocycles. The first kappa shape index (κ1) is 33.8. The lowest BCUT2D eigenvalue weighted by Crippen LogP contribution is -2.53. The van der Waals surface area contributed by atoms with Crippen molar-refractivity contribution in [2.24, 2.45) is 0 Å². The number of carbonyl (C=O) groups excluding carboxylic acids is 2. The summed E-state index contributed by atoms with van der Waals surface area (Å²) in [6.07, 6.45) is 0.900. The average molecular weight is 669 g/mol. The van der Waals surface area contributed by atoms with Crippen LogP contribution in [0.25, 0.3) is 0 Å². The van der Waals surface area contributed by atoms with Crippen molar-refractivity contribution >= 4 is 50.7 Å². The summed E-state index contributed by atoms with van der Waals surface area (Å²) >= 11 is 12.5. The zero-order valence-electron chi connectivity index (χ0n) is 25.0. The summed E-state index contributed by atoms with van der Waals surface area (Å²) in [4.78, 5) is 29.6. The average Bonchev–Trinajstić information content (AvgIpc) is 3.06. The van der Waals surface area contributed by atoms with E-state index in [2.05, 4.69) is 5.32 Å². The van der Waals surface area contributed by atoms with E-state index in [0.717, 1.165) is 9.87 Å². The maximum absolute atomic E-state index is 14.5. The molecule has 0 spiro atoms. The number of benzene rings is 4. The van der Waals surface area contributed by atoms with Crippen molar-refractivity contribution in [1.82, 2.24) is 10.2 Å². The monoisotopic (exact) mass is 667 g/mol. The maximum atomic E-state index is 14.5. The minimum Gasteiger partial charge on any atom is -0.497 e. The Bertz CT molecular complexity index is 1710. The highest BCUT2D eigenvalue weighted by Gasteiger charge is 2.34. The first-order valence-corrected chi connectivity index (χ1v) is 16.6. The van der Waals surface area contributed by atoms with E-state index in [4.69, 9.17) is 27.9 Å². The number of ether oxygens (including phenoxy) is 1. The minimum absolute atomic E-state index is 0.0122. The fourth-order valence-corrected chi connectivity index (χ4v) is 6.52. The van der Waals surface area contributed by atoms with Crippen molar-refractivity contribution in [3.05, 3.63) is 124 Å². The molecule has 8 nitrogen and oxygen atoms in total. The van der Waals surface area contributed by atoms with E-state index in [0.29, 0.717) is 34.3 Å². The van der Waals surface area contributed by atoms with Crippen LogP contribution in [0.4, 0.5) is 5.69 Å². The number of carbonyl (C=O) groups is 2. The molecule has 0 fully saturated rings. The van der Waals surface area contributed by atoms with Gasteiger partial charge in [0.1, 0.15) is 18.3 Å². The number of sulfonamides is 1. The molecule has 4 aromatic carbocycles. The fourth-order valence-electron chi connectivity index (χ4n) is 4.77. The van der Waals surface area contributed by atoms with E-state index in [1.54, 1.807) is 60.7 Å². The van der Waals surface area contributed by atoms with Crippen LogP contribution in [0.3, 0.4) is 0 Å². The summed E-state index contributed by atoms with van der Waals surface area (Å²) in [5.74, 6) is -0.522.